The van der Waals surface area contributed by atoms with Gasteiger partial charge in [0.2, 0.25) is 0 Å². The van der Waals surface area contributed by atoms with Gasteiger partial charge in [-0.15, -0.1) is 0 Å². The van der Waals surface area contributed by atoms with Gasteiger partial charge in [-0.2, -0.15) is 5.10 Å². The molecule has 0 radical (unpaired) electrons. The van der Waals surface area contributed by atoms with Gasteiger partial charge in [0.1, 0.15) is 22.8 Å². The average molecular weight is 495 g/mol. The molecule has 0 amide bonds. The first kappa shape index (κ1) is 22.6. The second kappa shape index (κ2) is 8.98. The second-order valence-corrected chi connectivity index (χ2v) is 8.97. The predicted octanol–water partition coefficient (Wildman–Crippen LogP) is 5.59. The number of nitrogens with zero attached hydrogens (tertiary/aromatic N) is 5. The van der Waals surface area contributed by atoms with Crippen LogP contribution in [0.25, 0.3) is 56.0 Å². The van der Waals surface area contributed by atoms with E-state index in [1.165, 1.54) is 19.2 Å². The zero-order valence-electron chi connectivity index (χ0n) is 20.4. The van der Waals surface area contributed by atoms with E-state index >= 15 is 0 Å². The van der Waals surface area contributed by atoms with Gasteiger partial charge in [-0.3, -0.25) is 20.1 Å². The maximum Gasteiger partial charge on any atom is 0.159 e. The van der Waals surface area contributed by atoms with Gasteiger partial charge in [0.15, 0.2) is 5.82 Å². The number of fused-ring (bicyclic) bond motifs is 2. The molecule has 9 nitrogen and oxygen atoms in total. The quantitative estimate of drug-likeness (QED) is 0.276. The Morgan fingerprint density at radius 1 is 0.946 bits per heavy atom. The van der Waals surface area contributed by atoms with Crippen molar-refractivity contribution in [2.24, 2.45) is 0 Å². The topological polar surface area (TPSA) is 117 Å². The molecule has 0 bridgehead atoms. The van der Waals surface area contributed by atoms with E-state index in [9.17, 15) is 4.39 Å². The van der Waals surface area contributed by atoms with Gasteiger partial charge >= 0.3 is 0 Å². The third-order valence-electron chi connectivity index (χ3n) is 5.94. The molecule has 1 aromatic carbocycles. The summed E-state index contributed by atoms with van der Waals surface area (Å²) in [6, 6.07) is 10.6. The van der Waals surface area contributed by atoms with Crippen molar-refractivity contribution < 1.29 is 9.13 Å². The van der Waals surface area contributed by atoms with E-state index in [0.29, 0.717) is 34.0 Å². The summed E-state index contributed by atoms with van der Waals surface area (Å²) >= 11 is 0. The molecule has 5 heterocycles. The van der Waals surface area contributed by atoms with Crippen LogP contribution in [0.5, 0.6) is 5.75 Å². The van der Waals surface area contributed by atoms with Crippen molar-refractivity contribution in [2.45, 2.75) is 19.9 Å². The number of nitrogens with one attached hydrogen (secondary N) is 3. The SMILES string of the molecule is COc1cc(F)cc(-c2nccc3[nH]c(-c4n[nH]c5cnc(-c6cncc(NC(C)C)c6)cc45)nc23)c1. The molecule has 0 spiro atoms. The van der Waals surface area contributed by atoms with Crippen LogP contribution in [0.15, 0.2) is 61.2 Å². The first-order valence-corrected chi connectivity index (χ1v) is 11.7. The number of methoxy groups -OCH3 is 1. The van der Waals surface area contributed by atoms with Crippen LogP contribution in [0, 0.1) is 5.82 Å². The number of halogens is 1. The van der Waals surface area contributed by atoms with E-state index in [2.05, 4.69) is 49.3 Å². The highest BCUT2D eigenvalue weighted by Crippen LogP contribution is 2.33. The molecule has 0 saturated heterocycles. The number of hydrogen-bond acceptors (Lipinski definition) is 7. The lowest BCUT2D eigenvalue weighted by atomic mass is 10.1. The normalized spacial score (nSPS) is 11.5. The standard InChI is InChI=1S/C27H23FN8O/c1-14(2)32-18-7-16(11-29-12-18)22-10-20-23(13-31-22)35-36-25(20)27-33-21-4-5-30-24(26(21)34-27)15-6-17(28)9-19(8-15)37-3/h4-14,32H,1-3H3,(H,33,34)(H,35,36). The number of rotatable bonds is 6. The van der Waals surface area contributed by atoms with Crippen LogP contribution >= 0.6 is 0 Å². The van der Waals surface area contributed by atoms with E-state index < -0.39 is 5.82 Å². The largest absolute Gasteiger partial charge is 0.497 e. The predicted molar refractivity (Wildman–Crippen MR) is 141 cm³/mol. The summed E-state index contributed by atoms with van der Waals surface area (Å²) in [7, 11) is 1.50. The van der Waals surface area contributed by atoms with E-state index in [1.807, 2.05) is 18.2 Å². The Hall–Kier alpha value is -4.86. The molecule has 0 atom stereocenters. The fourth-order valence-corrected chi connectivity index (χ4v) is 4.32. The minimum atomic E-state index is -0.413. The molecule has 0 aliphatic rings. The summed E-state index contributed by atoms with van der Waals surface area (Å²) in [4.78, 5) is 21.6. The van der Waals surface area contributed by atoms with Crippen molar-refractivity contribution in [3.05, 3.63) is 67.0 Å². The Morgan fingerprint density at radius 2 is 1.84 bits per heavy atom. The number of benzene rings is 1. The van der Waals surface area contributed by atoms with Crippen molar-refractivity contribution in [1.82, 2.24) is 35.1 Å². The van der Waals surface area contributed by atoms with Crippen molar-refractivity contribution in [2.75, 3.05) is 12.4 Å². The number of imidazole rings is 1. The molecule has 0 saturated carbocycles. The summed E-state index contributed by atoms with van der Waals surface area (Å²) < 4.78 is 19.4. The Morgan fingerprint density at radius 3 is 2.68 bits per heavy atom. The second-order valence-electron chi connectivity index (χ2n) is 8.97. The number of aromatic amines is 2. The van der Waals surface area contributed by atoms with Gasteiger partial charge in [-0.25, -0.2) is 9.37 Å². The zero-order chi connectivity index (χ0) is 25.5. The molecule has 0 aliphatic carbocycles. The highest BCUT2D eigenvalue weighted by molar-refractivity contribution is 5.97. The molecule has 0 aliphatic heterocycles. The van der Waals surface area contributed by atoms with Gasteiger partial charge < -0.3 is 15.0 Å². The smallest absolute Gasteiger partial charge is 0.159 e. The van der Waals surface area contributed by atoms with Crippen LogP contribution in [-0.4, -0.2) is 48.3 Å². The minimum absolute atomic E-state index is 0.286. The third-order valence-corrected chi connectivity index (χ3v) is 5.94. The fraction of sp³-hybridized carbons (Fsp3) is 0.148. The molecule has 0 fully saturated rings. The molecule has 6 aromatic rings. The zero-order valence-corrected chi connectivity index (χ0v) is 20.4. The minimum Gasteiger partial charge on any atom is -0.497 e. The van der Waals surface area contributed by atoms with Crippen LogP contribution < -0.4 is 10.1 Å². The number of hydrogen-bond donors (Lipinski definition) is 3. The van der Waals surface area contributed by atoms with Crippen LogP contribution in [0.3, 0.4) is 0 Å². The molecule has 184 valence electrons. The van der Waals surface area contributed by atoms with Crippen LogP contribution in [-0.2, 0) is 0 Å². The van der Waals surface area contributed by atoms with Crippen LogP contribution in [0.1, 0.15) is 13.8 Å². The maximum absolute atomic E-state index is 14.2. The van der Waals surface area contributed by atoms with Crippen LogP contribution in [0.4, 0.5) is 10.1 Å². The average Bonchev–Trinajstić information content (AvgIpc) is 3.51. The Labute approximate surface area is 211 Å². The Kier molecular flexibility index (Phi) is 5.48. The van der Waals surface area contributed by atoms with Gasteiger partial charge in [0.05, 0.1) is 41.4 Å². The number of anilines is 1. The highest BCUT2D eigenvalue weighted by Gasteiger charge is 2.18. The summed E-state index contributed by atoms with van der Waals surface area (Å²) in [6.45, 7) is 4.15. The molecule has 5 aromatic heterocycles. The number of H-pyrrole nitrogens is 2. The molecular formula is C27H23FN8O. The highest BCUT2D eigenvalue weighted by atomic mass is 19.1. The van der Waals surface area contributed by atoms with Crippen molar-refractivity contribution in [1.29, 1.82) is 0 Å². The molecule has 10 heteroatoms. The van der Waals surface area contributed by atoms with Crippen molar-refractivity contribution in [3.63, 3.8) is 0 Å². The first-order chi connectivity index (χ1) is 18.0. The maximum atomic E-state index is 14.2. The number of pyridine rings is 3. The summed E-state index contributed by atoms with van der Waals surface area (Å²) in [5.74, 6) is 0.554. The number of aromatic nitrogens is 7. The van der Waals surface area contributed by atoms with Gasteiger partial charge in [-0.05, 0) is 44.2 Å². The molecule has 3 N–H and O–H groups in total. The monoisotopic (exact) mass is 494 g/mol. The fourth-order valence-electron chi connectivity index (χ4n) is 4.32. The molecule has 0 unspecified atom stereocenters. The molecular weight excluding hydrogens is 471 g/mol. The number of ether oxygens (including phenoxy) is 1. The summed E-state index contributed by atoms with van der Waals surface area (Å²) in [5.41, 5.74) is 6.46. The summed E-state index contributed by atoms with van der Waals surface area (Å²) in [5, 5.41) is 11.8. The van der Waals surface area contributed by atoms with Gasteiger partial charge in [-0.1, -0.05) is 0 Å². The lowest BCUT2D eigenvalue weighted by Gasteiger charge is -2.10. The lowest BCUT2D eigenvalue weighted by molar-refractivity contribution is 0.411. The van der Waals surface area contributed by atoms with Crippen LogP contribution in [0.2, 0.25) is 0 Å². The van der Waals surface area contributed by atoms with Crippen molar-refractivity contribution in [3.8, 4) is 39.8 Å². The Bertz CT molecular complexity index is 1760. The van der Waals surface area contributed by atoms with Gasteiger partial charge in [0, 0.05) is 47.2 Å². The van der Waals surface area contributed by atoms with E-state index in [-0.39, 0.29) is 6.04 Å². The lowest BCUT2D eigenvalue weighted by Crippen LogP contribution is -2.09. The van der Waals surface area contributed by atoms with Gasteiger partial charge in [0.25, 0.3) is 0 Å². The van der Waals surface area contributed by atoms with E-state index in [0.717, 1.165) is 33.4 Å². The van der Waals surface area contributed by atoms with E-state index in [4.69, 9.17) is 9.72 Å². The third kappa shape index (κ3) is 4.22. The molecule has 6 rings (SSSR count). The first-order valence-electron chi connectivity index (χ1n) is 11.7. The van der Waals surface area contributed by atoms with E-state index in [1.54, 1.807) is 30.9 Å². The Balaban J connectivity index is 1.45. The van der Waals surface area contributed by atoms with Crippen molar-refractivity contribution >= 4 is 27.6 Å². The summed E-state index contributed by atoms with van der Waals surface area (Å²) in [6.07, 6.45) is 6.98. The molecule has 37 heavy (non-hydrogen) atoms.